The molecule has 0 aliphatic carbocycles. The molecule has 3 heteroatoms. The lowest BCUT2D eigenvalue weighted by molar-refractivity contribution is 0.319. The first-order valence-electron chi connectivity index (χ1n) is 6.32. The molecule has 2 aromatic rings. The van der Waals surface area contributed by atoms with Crippen molar-refractivity contribution in [2.75, 3.05) is 12.8 Å². The number of rotatable bonds is 4. The second kappa shape index (κ2) is 6.22. The largest absolute Gasteiger partial charge is 0.398 e. The summed E-state index contributed by atoms with van der Waals surface area (Å²) in [7, 11) is 2.11. The molecule has 0 radical (unpaired) electrons. The van der Waals surface area contributed by atoms with Crippen LogP contribution in [0.5, 0.6) is 0 Å². The van der Waals surface area contributed by atoms with E-state index in [9.17, 15) is 0 Å². The van der Waals surface area contributed by atoms with Gasteiger partial charge in [0.2, 0.25) is 0 Å². The van der Waals surface area contributed by atoms with Gasteiger partial charge in [0.1, 0.15) is 0 Å². The van der Waals surface area contributed by atoms with Crippen LogP contribution in [0.1, 0.15) is 16.7 Å². The topological polar surface area (TPSA) is 29.3 Å². The minimum absolute atomic E-state index is 0.838. The Kier molecular flexibility index (Phi) is 4.61. The number of halogens is 1. The molecule has 0 saturated heterocycles. The molecule has 0 atom stereocenters. The van der Waals surface area contributed by atoms with Gasteiger partial charge in [-0.25, -0.2) is 0 Å². The summed E-state index contributed by atoms with van der Waals surface area (Å²) in [6.07, 6.45) is 0. The van der Waals surface area contributed by atoms with E-state index in [1.54, 1.807) is 0 Å². The summed E-state index contributed by atoms with van der Waals surface area (Å²) in [5.74, 6) is 0. The fourth-order valence-electron chi connectivity index (χ4n) is 2.06. The van der Waals surface area contributed by atoms with Crippen molar-refractivity contribution in [3.05, 3.63) is 63.6 Å². The van der Waals surface area contributed by atoms with Gasteiger partial charge < -0.3 is 5.73 Å². The quantitative estimate of drug-likeness (QED) is 0.864. The molecular weight excluding hydrogens is 300 g/mol. The summed E-state index contributed by atoms with van der Waals surface area (Å²) in [6, 6.07) is 14.7. The number of hydrogen-bond acceptors (Lipinski definition) is 2. The summed E-state index contributed by atoms with van der Waals surface area (Å²) >= 11 is 3.43. The molecule has 0 saturated carbocycles. The second-order valence-corrected chi connectivity index (χ2v) is 5.92. The molecule has 0 bridgehead atoms. The van der Waals surface area contributed by atoms with Gasteiger partial charge in [-0.15, -0.1) is 0 Å². The summed E-state index contributed by atoms with van der Waals surface area (Å²) in [4.78, 5) is 2.27. The second-order valence-electron chi connectivity index (χ2n) is 5.00. The summed E-state index contributed by atoms with van der Waals surface area (Å²) in [5.41, 5.74) is 10.6. The van der Waals surface area contributed by atoms with Gasteiger partial charge in [0.15, 0.2) is 0 Å². The zero-order valence-corrected chi connectivity index (χ0v) is 12.9. The van der Waals surface area contributed by atoms with E-state index in [0.29, 0.717) is 0 Å². The van der Waals surface area contributed by atoms with Crippen LogP contribution in [0, 0.1) is 6.92 Å². The molecule has 0 aliphatic rings. The fourth-order valence-corrected chi connectivity index (χ4v) is 2.44. The molecule has 0 spiro atoms. The van der Waals surface area contributed by atoms with E-state index in [0.717, 1.165) is 28.8 Å². The minimum atomic E-state index is 0.838. The van der Waals surface area contributed by atoms with Crippen LogP contribution in [0.15, 0.2) is 46.9 Å². The van der Waals surface area contributed by atoms with E-state index >= 15 is 0 Å². The standard InChI is InChI=1S/C16H19BrN2/c1-12-3-5-13(6-4-12)10-19(2)11-14-7-8-15(17)9-16(14)18/h3-9H,10-11,18H2,1-2H3. The van der Waals surface area contributed by atoms with Gasteiger partial charge in [-0.1, -0.05) is 51.8 Å². The van der Waals surface area contributed by atoms with Crippen LogP contribution in [0.25, 0.3) is 0 Å². The molecular formula is C16H19BrN2. The predicted molar refractivity (Wildman–Crippen MR) is 84.9 cm³/mol. The zero-order valence-electron chi connectivity index (χ0n) is 11.4. The van der Waals surface area contributed by atoms with Crippen molar-refractivity contribution in [2.45, 2.75) is 20.0 Å². The molecule has 2 N–H and O–H groups in total. The monoisotopic (exact) mass is 318 g/mol. The first kappa shape index (κ1) is 14.1. The van der Waals surface area contributed by atoms with Crippen molar-refractivity contribution >= 4 is 21.6 Å². The zero-order chi connectivity index (χ0) is 13.8. The molecule has 2 aromatic carbocycles. The van der Waals surface area contributed by atoms with Crippen molar-refractivity contribution in [3.63, 3.8) is 0 Å². The number of benzene rings is 2. The molecule has 2 nitrogen and oxygen atoms in total. The third-order valence-corrected chi connectivity index (χ3v) is 3.61. The number of anilines is 1. The lowest BCUT2D eigenvalue weighted by Gasteiger charge is -2.18. The number of hydrogen-bond donors (Lipinski definition) is 1. The maximum Gasteiger partial charge on any atom is 0.0371 e. The van der Waals surface area contributed by atoms with Gasteiger partial charge >= 0.3 is 0 Å². The maximum absolute atomic E-state index is 6.03. The van der Waals surface area contributed by atoms with Crippen LogP contribution < -0.4 is 5.73 Å². The van der Waals surface area contributed by atoms with Gasteiger partial charge in [0.25, 0.3) is 0 Å². The first-order chi connectivity index (χ1) is 9.04. The van der Waals surface area contributed by atoms with Gasteiger partial charge in [-0.05, 0) is 37.2 Å². The number of nitrogens with zero attached hydrogens (tertiary/aromatic N) is 1. The number of nitrogen functional groups attached to an aromatic ring is 1. The molecule has 0 amide bonds. The Morgan fingerprint density at radius 2 is 1.74 bits per heavy atom. The highest BCUT2D eigenvalue weighted by atomic mass is 79.9. The van der Waals surface area contributed by atoms with E-state index in [1.807, 2.05) is 12.1 Å². The van der Waals surface area contributed by atoms with E-state index < -0.39 is 0 Å². The molecule has 0 heterocycles. The summed E-state index contributed by atoms with van der Waals surface area (Å²) in [5, 5.41) is 0. The Balaban J connectivity index is 2.01. The molecule has 0 aromatic heterocycles. The molecule has 0 aliphatic heterocycles. The highest BCUT2D eigenvalue weighted by Gasteiger charge is 2.05. The number of nitrogens with two attached hydrogens (primary N) is 1. The van der Waals surface area contributed by atoms with Crippen LogP contribution in [0.4, 0.5) is 5.69 Å². The van der Waals surface area contributed by atoms with Crippen LogP contribution in [0.2, 0.25) is 0 Å². The predicted octanol–water partition coefficient (Wildman–Crippen LogP) is 3.97. The van der Waals surface area contributed by atoms with E-state index in [4.69, 9.17) is 5.73 Å². The molecule has 19 heavy (non-hydrogen) atoms. The van der Waals surface area contributed by atoms with E-state index in [-0.39, 0.29) is 0 Å². The van der Waals surface area contributed by atoms with Crippen LogP contribution in [-0.4, -0.2) is 11.9 Å². The van der Waals surface area contributed by atoms with Crippen molar-refractivity contribution in [1.82, 2.24) is 4.90 Å². The third kappa shape index (κ3) is 4.08. The van der Waals surface area contributed by atoms with Gasteiger partial charge in [0.05, 0.1) is 0 Å². The highest BCUT2D eigenvalue weighted by Crippen LogP contribution is 2.20. The molecule has 0 fully saturated rings. The fraction of sp³-hybridized carbons (Fsp3) is 0.250. The van der Waals surface area contributed by atoms with Crippen molar-refractivity contribution in [2.24, 2.45) is 0 Å². The van der Waals surface area contributed by atoms with E-state index in [1.165, 1.54) is 11.1 Å². The minimum Gasteiger partial charge on any atom is -0.398 e. The first-order valence-corrected chi connectivity index (χ1v) is 7.12. The Morgan fingerprint density at radius 1 is 1.05 bits per heavy atom. The van der Waals surface area contributed by atoms with Gasteiger partial charge in [-0.2, -0.15) is 0 Å². The lowest BCUT2D eigenvalue weighted by atomic mass is 10.1. The average molecular weight is 319 g/mol. The average Bonchev–Trinajstić information content (AvgIpc) is 2.36. The Morgan fingerprint density at radius 3 is 2.37 bits per heavy atom. The van der Waals surface area contributed by atoms with Crippen molar-refractivity contribution in [3.8, 4) is 0 Å². The molecule has 100 valence electrons. The smallest absolute Gasteiger partial charge is 0.0371 e. The lowest BCUT2D eigenvalue weighted by Crippen LogP contribution is -2.18. The SMILES string of the molecule is Cc1ccc(CN(C)Cc2ccc(Br)cc2N)cc1. The van der Waals surface area contributed by atoms with Crippen molar-refractivity contribution in [1.29, 1.82) is 0 Å². The van der Waals surface area contributed by atoms with Crippen molar-refractivity contribution < 1.29 is 0 Å². The summed E-state index contributed by atoms with van der Waals surface area (Å²) in [6.45, 7) is 3.89. The Hall–Kier alpha value is -1.32. The van der Waals surface area contributed by atoms with Crippen LogP contribution in [-0.2, 0) is 13.1 Å². The maximum atomic E-state index is 6.03. The molecule has 0 unspecified atom stereocenters. The van der Waals surface area contributed by atoms with Crippen LogP contribution >= 0.6 is 15.9 Å². The third-order valence-electron chi connectivity index (χ3n) is 3.12. The summed E-state index contributed by atoms with van der Waals surface area (Å²) < 4.78 is 1.02. The molecule has 2 rings (SSSR count). The highest BCUT2D eigenvalue weighted by molar-refractivity contribution is 9.10. The van der Waals surface area contributed by atoms with Crippen LogP contribution in [0.3, 0.4) is 0 Å². The van der Waals surface area contributed by atoms with E-state index in [2.05, 4.69) is 65.1 Å². The Bertz CT molecular complexity index is 549. The van der Waals surface area contributed by atoms with Gasteiger partial charge in [-0.3, -0.25) is 4.90 Å². The Labute approximate surface area is 123 Å². The normalized spacial score (nSPS) is 10.9. The van der Waals surface area contributed by atoms with Gasteiger partial charge in [0, 0.05) is 23.2 Å². The number of aryl methyl sites for hydroxylation is 1.